The molecule has 0 aliphatic heterocycles. The predicted molar refractivity (Wildman–Crippen MR) is 116 cm³/mol. The summed E-state index contributed by atoms with van der Waals surface area (Å²) in [5.41, 5.74) is 13.2. The number of aromatic hydroxyl groups is 1. The lowest BCUT2D eigenvalue weighted by atomic mass is 9.73. The number of benzene rings is 2. The van der Waals surface area contributed by atoms with E-state index in [0.717, 1.165) is 52.8 Å². The van der Waals surface area contributed by atoms with E-state index in [2.05, 4.69) is 17.9 Å². The Morgan fingerprint density at radius 2 is 1.61 bits per heavy atom. The van der Waals surface area contributed by atoms with Crippen molar-refractivity contribution in [2.24, 2.45) is 5.73 Å². The van der Waals surface area contributed by atoms with Crippen LogP contribution in [0.5, 0.6) is 5.75 Å². The highest BCUT2D eigenvalue weighted by Gasteiger charge is 2.32. The molecule has 2 aliphatic carbocycles. The molecule has 2 aromatic carbocycles. The smallest absolute Gasteiger partial charge is 0.122 e. The minimum atomic E-state index is 0.233. The van der Waals surface area contributed by atoms with E-state index >= 15 is 0 Å². The summed E-state index contributed by atoms with van der Waals surface area (Å²) in [6.45, 7) is 5.97. The highest BCUT2D eigenvalue weighted by atomic mass is 16.3. The molecule has 2 aliphatic rings. The van der Waals surface area contributed by atoms with Gasteiger partial charge in [0, 0.05) is 24.3 Å². The Balaban J connectivity index is 0.000000531. The van der Waals surface area contributed by atoms with Gasteiger partial charge < -0.3 is 10.8 Å². The second-order valence-corrected chi connectivity index (χ2v) is 6.83. The lowest BCUT2D eigenvalue weighted by Gasteiger charge is -2.32. The molecule has 1 unspecified atom stereocenters. The van der Waals surface area contributed by atoms with Crippen LogP contribution in [0.15, 0.2) is 48.0 Å². The first-order chi connectivity index (χ1) is 13.7. The van der Waals surface area contributed by atoms with E-state index in [-0.39, 0.29) is 5.92 Å². The zero-order valence-electron chi connectivity index (χ0n) is 17.2. The van der Waals surface area contributed by atoms with E-state index in [4.69, 9.17) is 9.97 Å². The van der Waals surface area contributed by atoms with Crippen molar-refractivity contribution in [1.29, 1.82) is 0 Å². The third kappa shape index (κ3) is 3.40. The molecule has 0 spiro atoms. The number of phenolic OH excluding ortho intramolecular Hbond substituents is 1. The summed E-state index contributed by atoms with van der Waals surface area (Å²) < 4.78 is 0. The Morgan fingerprint density at radius 1 is 0.964 bits per heavy atom. The van der Waals surface area contributed by atoms with Gasteiger partial charge in [-0.3, -0.25) is 0 Å². The van der Waals surface area contributed by atoms with Gasteiger partial charge in [0.1, 0.15) is 5.75 Å². The Morgan fingerprint density at radius 3 is 2.29 bits per heavy atom. The molecule has 4 heteroatoms. The van der Waals surface area contributed by atoms with E-state index in [1.807, 2.05) is 51.1 Å². The summed E-state index contributed by atoms with van der Waals surface area (Å²) >= 11 is 0. The Bertz CT molecular complexity index is 1020. The lowest BCUT2D eigenvalue weighted by molar-refractivity contribution is 0.455. The van der Waals surface area contributed by atoms with Crippen molar-refractivity contribution < 1.29 is 5.11 Å². The van der Waals surface area contributed by atoms with Crippen LogP contribution >= 0.6 is 0 Å². The number of rotatable bonds is 0. The zero-order valence-corrected chi connectivity index (χ0v) is 17.2. The SMILES string of the molecule is CC.CN.Cc1ccc2c(c1O)C1Cc3nc4ccccc4nc3CC1=CC2. The van der Waals surface area contributed by atoms with Crippen LogP contribution in [0.2, 0.25) is 0 Å². The highest BCUT2D eigenvalue weighted by molar-refractivity contribution is 5.74. The predicted octanol–water partition coefficient (Wildman–Crippen LogP) is 4.61. The third-order valence-corrected chi connectivity index (χ3v) is 5.38. The van der Waals surface area contributed by atoms with E-state index in [0.29, 0.717) is 5.75 Å². The van der Waals surface area contributed by atoms with Crippen LogP contribution in [0.25, 0.3) is 11.0 Å². The summed E-state index contributed by atoms with van der Waals surface area (Å²) in [5, 5.41) is 10.6. The molecular weight excluding hydrogens is 346 g/mol. The molecule has 0 saturated heterocycles. The van der Waals surface area contributed by atoms with Crippen LogP contribution in [0.1, 0.15) is 47.8 Å². The second-order valence-electron chi connectivity index (χ2n) is 6.83. The minimum absolute atomic E-state index is 0.233. The summed E-state index contributed by atoms with van der Waals surface area (Å²) in [5.74, 6) is 0.692. The number of hydrogen-bond donors (Lipinski definition) is 2. The number of hydrogen-bond acceptors (Lipinski definition) is 4. The van der Waals surface area contributed by atoms with E-state index in [1.165, 1.54) is 18.2 Å². The molecule has 4 nitrogen and oxygen atoms in total. The van der Waals surface area contributed by atoms with Crippen molar-refractivity contribution in [2.75, 3.05) is 7.05 Å². The maximum absolute atomic E-state index is 10.6. The van der Waals surface area contributed by atoms with Crippen LogP contribution in [0.4, 0.5) is 0 Å². The fourth-order valence-electron chi connectivity index (χ4n) is 4.09. The van der Waals surface area contributed by atoms with Gasteiger partial charge in [0.15, 0.2) is 0 Å². The van der Waals surface area contributed by atoms with Crippen molar-refractivity contribution in [1.82, 2.24) is 9.97 Å². The average molecular weight is 376 g/mol. The Hall–Kier alpha value is -2.72. The van der Waals surface area contributed by atoms with E-state index in [1.54, 1.807) is 0 Å². The largest absolute Gasteiger partial charge is 0.507 e. The molecule has 146 valence electrons. The fraction of sp³-hybridized carbons (Fsp3) is 0.333. The second kappa shape index (κ2) is 8.53. The standard InChI is InChI=1S/C21H18N2O.C2H6.CH5N/c1-12-6-7-13-8-9-14-10-18-19(11-15(14)20(13)21(12)24)23-17-5-3-2-4-16(17)22-18;2*1-2/h2-7,9,15,24H,8,10-11H2,1H3;1-2H3;2H2,1H3. The molecule has 1 atom stereocenters. The lowest BCUT2D eigenvalue weighted by Crippen LogP contribution is -2.22. The third-order valence-electron chi connectivity index (χ3n) is 5.38. The van der Waals surface area contributed by atoms with Gasteiger partial charge >= 0.3 is 0 Å². The quantitative estimate of drug-likeness (QED) is 0.563. The molecular formula is C24H29N3O. The van der Waals surface area contributed by atoms with Crippen LogP contribution in [-0.4, -0.2) is 22.1 Å². The van der Waals surface area contributed by atoms with E-state index < -0.39 is 0 Å². The van der Waals surface area contributed by atoms with Gasteiger partial charge in [-0.2, -0.15) is 0 Å². The van der Waals surface area contributed by atoms with Crippen molar-refractivity contribution in [3.63, 3.8) is 0 Å². The first kappa shape index (κ1) is 20.0. The summed E-state index contributed by atoms with van der Waals surface area (Å²) in [6.07, 6.45) is 4.88. The fourth-order valence-corrected chi connectivity index (χ4v) is 4.09. The minimum Gasteiger partial charge on any atom is -0.507 e. The number of allylic oxidation sites excluding steroid dienone is 2. The van der Waals surface area contributed by atoms with Crippen LogP contribution in [-0.2, 0) is 19.3 Å². The molecule has 1 heterocycles. The van der Waals surface area contributed by atoms with Crippen molar-refractivity contribution in [2.45, 2.75) is 46.0 Å². The number of nitrogens with two attached hydrogens (primary N) is 1. The summed E-state index contributed by atoms with van der Waals surface area (Å²) in [6, 6.07) is 12.2. The highest BCUT2D eigenvalue weighted by Crippen LogP contribution is 2.45. The van der Waals surface area contributed by atoms with Gasteiger partial charge in [-0.25, -0.2) is 9.97 Å². The van der Waals surface area contributed by atoms with Gasteiger partial charge in [0.2, 0.25) is 0 Å². The molecule has 5 rings (SSSR count). The van der Waals surface area contributed by atoms with Crippen LogP contribution in [0, 0.1) is 6.92 Å². The maximum Gasteiger partial charge on any atom is 0.122 e. The maximum atomic E-state index is 10.6. The van der Waals surface area contributed by atoms with Crippen molar-refractivity contribution in [3.8, 4) is 5.75 Å². The molecule has 0 saturated carbocycles. The van der Waals surface area contributed by atoms with Gasteiger partial charge in [-0.1, -0.05) is 49.8 Å². The summed E-state index contributed by atoms with van der Waals surface area (Å²) in [7, 11) is 1.50. The number of nitrogens with zero attached hydrogens (tertiary/aromatic N) is 2. The number of para-hydroxylation sites is 2. The van der Waals surface area contributed by atoms with Crippen molar-refractivity contribution in [3.05, 3.63) is 76.1 Å². The van der Waals surface area contributed by atoms with Crippen LogP contribution < -0.4 is 5.73 Å². The van der Waals surface area contributed by atoms with Gasteiger partial charge in [0.05, 0.1) is 22.4 Å². The molecule has 0 radical (unpaired) electrons. The van der Waals surface area contributed by atoms with Gasteiger partial charge in [-0.05, 0) is 43.7 Å². The number of fused-ring (bicyclic) bond motifs is 5. The average Bonchev–Trinajstić information content (AvgIpc) is 2.76. The molecule has 1 aromatic heterocycles. The zero-order chi connectivity index (χ0) is 20.3. The topological polar surface area (TPSA) is 72.0 Å². The molecule has 3 N–H and O–H groups in total. The monoisotopic (exact) mass is 375 g/mol. The first-order valence-corrected chi connectivity index (χ1v) is 10.0. The van der Waals surface area contributed by atoms with Gasteiger partial charge in [0.25, 0.3) is 0 Å². The molecule has 0 fully saturated rings. The molecule has 0 bridgehead atoms. The number of aryl methyl sites for hydroxylation is 1. The Labute approximate surface area is 167 Å². The van der Waals surface area contributed by atoms with E-state index in [9.17, 15) is 5.11 Å². The molecule has 28 heavy (non-hydrogen) atoms. The summed E-state index contributed by atoms with van der Waals surface area (Å²) in [4.78, 5) is 9.70. The van der Waals surface area contributed by atoms with Crippen molar-refractivity contribution >= 4 is 11.0 Å². The van der Waals surface area contributed by atoms with Crippen LogP contribution in [0.3, 0.4) is 0 Å². The molecule has 0 amide bonds. The van der Waals surface area contributed by atoms with Gasteiger partial charge in [-0.15, -0.1) is 0 Å². The first-order valence-electron chi connectivity index (χ1n) is 10.0. The number of aromatic nitrogens is 2. The molecule has 3 aromatic rings. The Kier molecular flexibility index (Phi) is 6.10. The number of phenols is 1. The normalized spacial score (nSPS) is 16.3.